The van der Waals surface area contributed by atoms with E-state index in [0.717, 1.165) is 35.1 Å². The van der Waals surface area contributed by atoms with Crippen LogP contribution in [0.15, 0.2) is 53.1 Å². The van der Waals surface area contributed by atoms with E-state index in [1.165, 1.54) is 12.0 Å². The van der Waals surface area contributed by atoms with Crippen LogP contribution in [-0.2, 0) is 0 Å². The van der Waals surface area contributed by atoms with E-state index in [1.54, 1.807) is 7.11 Å². The van der Waals surface area contributed by atoms with Gasteiger partial charge in [0.25, 0.3) is 0 Å². The van der Waals surface area contributed by atoms with Crippen LogP contribution in [0, 0.1) is 0 Å². The average Bonchev–Trinajstić information content (AvgIpc) is 3.31. The van der Waals surface area contributed by atoms with E-state index in [0.29, 0.717) is 23.8 Å². The van der Waals surface area contributed by atoms with Gasteiger partial charge in [0.15, 0.2) is 0 Å². The number of hydrogen-bond acceptors (Lipinski definition) is 5. The SMILES string of the molecule is COc1ccc(-c2noc(C3C4CC[C@H](C[C@@H]3c3ccc(Cl)cc3)N4C)n2)cc1.Cl.O. The third-order valence-electron chi connectivity index (χ3n) is 6.64. The fourth-order valence-corrected chi connectivity index (χ4v) is 5.21. The molecule has 2 aliphatic heterocycles. The van der Waals surface area contributed by atoms with Crippen LogP contribution in [0.4, 0.5) is 0 Å². The van der Waals surface area contributed by atoms with Crippen LogP contribution >= 0.6 is 24.0 Å². The molecule has 0 saturated carbocycles. The number of benzene rings is 2. The Labute approximate surface area is 193 Å². The second-order valence-electron chi connectivity index (χ2n) is 8.07. The van der Waals surface area contributed by atoms with Gasteiger partial charge in [0.05, 0.1) is 13.0 Å². The van der Waals surface area contributed by atoms with Gasteiger partial charge in [-0.1, -0.05) is 28.9 Å². The van der Waals surface area contributed by atoms with Crippen molar-refractivity contribution in [2.45, 2.75) is 43.2 Å². The van der Waals surface area contributed by atoms with Crippen molar-refractivity contribution in [2.75, 3.05) is 14.2 Å². The Morgan fingerprint density at radius 3 is 2.45 bits per heavy atom. The number of aromatic nitrogens is 2. The lowest BCUT2D eigenvalue weighted by atomic mass is 9.76. The van der Waals surface area contributed by atoms with Gasteiger partial charge in [-0.3, -0.25) is 4.90 Å². The van der Waals surface area contributed by atoms with Gasteiger partial charge in [-0.25, -0.2) is 0 Å². The van der Waals surface area contributed by atoms with Crippen LogP contribution in [0.25, 0.3) is 11.4 Å². The molecule has 2 unspecified atom stereocenters. The lowest BCUT2D eigenvalue weighted by Gasteiger charge is -2.41. The van der Waals surface area contributed by atoms with Crippen molar-refractivity contribution in [3.63, 3.8) is 0 Å². The molecule has 0 amide bonds. The first-order valence-electron chi connectivity index (χ1n) is 10.1. The van der Waals surface area contributed by atoms with Crippen molar-refractivity contribution in [3.05, 3.63) is 65.0 Å². The molecule has 0 radical (unpaired) electrons. The number of rotatable bonds is 4. The van der Waals surface area contributed by atoms with Crippen LogP contribution < -0.4 is 4.74 Å². The highest BCUT2D eigenvalue weighted by atomic mass is 35.5. The molecule has 166 valence electrons. The zero-order valence-electron chi connectivity index (χ0n) is 17.5. The number of nitrogens with zero attached hydrogens (tertiary/aromatic N) is 3. The van der Waals surface area contributed by atoms with Crippen molar-refractivity contribution in [1.82, 2.24) is 15.0 Å². The predicted molar refractivity (Wildman–Crippen MR) is 123 cm³/mol. The van der Waals surface area contributed by atoms with Gasteiger partial charge in [0.1, 0.15) is 5.75 Å². The summed E-state index contributed by atoms with van der Waals surface area (Å²) in [6.07, 6.45) is 3.48. The Morgan fingerprint density at radius 2 is 1.77 bits per heavy atom. The van der Waals surface area contributed by atoms with Gasteiger partial charge in [0, 0.05) is 22.7 Å². The second-order valence-corrected chi connectivity index (χ2v) is 8.50. The number of piperidine rings is 1. The molecule has 2 fully saturated rings. The molecular weight excluding hydrogens is 437 g/mol. The molecule has 2 bridgehead atoms. The summed E-state index contributed by atoms with van der Waals surface area (Å²) in [6, 6.07) is 17.0. The van der Waals surface area contributed by atoms with Crippen molar-refractivity contribution in [3.8, 4) is 17.1 Å². The van der Waals surface area contributed by atoms with E-state index in [-0.39, 0.29) is 23.8 Å². The molecule has 2 N–H and O–H groups in total. The molecular formula is C23H27Cl2N3O3. The Kier molecular flexibility index (Phi) is 7.27. The van der Waals surface area contributed by atoms with E-state index in [2.05, 4.69) is 29.2 Å². The minimum absolute atomic E-state index is 0. The summed E-state index contributed by atoms with van der Waals surface area (Å²) in [7, 11) is 3.89. The summed E-state index contributed by atoms with van der Waals surface area (Å²) in [5, 5.41) is 5.06. The molecule has 1 aromatic heterocycles. The molecule has 6 nitrogen and oxygen atoms in total. The van der Waals surface area contributed by atoms with E-state index < -0.39 is 0 Å². The minimum Gasteiger partial charge on any atom is -0.497 e. The van der Waals surface area contributed by atoms with E-state index >= 15 is 0 Å². The predicted octanol–water partition coefficient (Wildman–Crippen LogP) is 4.73. The van der Waals surface area contributed by atoms with Crippen LogP contribution in [0.3, 0.4) is 0 Å². The summed E-state index contributed by atoms with van der Waals surface area (Å²) in [5.41, 5.74) is 2.23. The molecule has 31 heavy (non-hydrogen) atoms. The van der Waals surface area contributed by atoms with Gasteiger partial charge in [-0.15, -0.1) is 12.4 Å². The first-order valence-corrected chi connectivity index (χ1v) is 10.5. The first-order chi connectivity index (χ1) is 14.1. The largest absolute Gasteiger partial charge is 0.497 e. The normalized spacial score (nSPS) is 24.9. The summed E-state index contributed by atoms with van der Waals surface area (Å²) in [5.74, 6) is 2.70. The zero-order valence-corrected chi connectivity index (χ0v) is 19.1. The molecule has 2 aromatic carbocycles. The number of likely N-dealkylation sites (N-methyl/N-ethyl adjacent to an activating group) is 1. The molecule has 0 spiro atoms. The molecule has 3 heterocycles. The number of methoxy groups -OCH3 is 1. The topological polar surface area (TPSA) is 82.9 Å². The third-order valence-corrected chi connectivity index (χ3v) is 6.89. The molecule has 8 heteroatoms. The Balaban J connectivity index is 0.00000136. The van der Waals surface area contributed by atoms with Gasteiger partial charge in [-0.05, 0) is 74.2 Å². The van der Waals surface area contributed by atoms with E-state index in [1.807, 2.05) is 36.4 Å². The van der Waals surface area contributed by atoms with Crippen molar-refractivity contribution < 1.29 is 14.7 Å². The third kappa shape index (κ3) is 4.30. The van der Waals surface area contributed by atoms with E-state index in [4.69, 9.17) is 25.8 Å². The lowest BCUT2D eigenvalue weighted by Crippen LogP contribution is -2.44. The van der Waals surface area contributed by atoms with E-state index in [9.17, 15) is 0 Å². The summed E-state index contributed by atoms with van der Waals surface area (Å²) >= 11 is 6.13. The van der Waals surface area contributed by atoms with Crippen molar-refractivity contribution >= 4 is 24.0 Å². The maximum absolute atomic E-state index is 6.13. The van der Waals surface area contributed by atoms with Crippen LogP contribution in [0.5, 0.6) is 5.75 Å². The Bertz CT molecular complexity index is 994. The van der Waals surface area contributed by atoms with Crippen LogP contribution in [-0.4, -0.2) is 46.8 Å². The lowest BCUT2D eigenvalue weighted by molar-refractivity contribution is 0.120. The maximum atomic E-state index is 6.13. The number of ether oxygens (including phenoxy) is 1. The van der Waals surface area contributed by atoms with Crippen molar-refractivity contribution in [2.24, 2.45) is 0 Å². The highest BCUT2D eigenvalue weighted by molar-refractivity contribution is 6.30. The highest BCUT2D eigenvalue weighted by Crippen LogP contribution is 2.50. The molecule has 0 aliphatic carbocycles. The van der Waals surface area contributed by atoms with Crippen LogP contribution in [0.2, 0.25) is 5.02 Å². The molecule has 3 aromatic rings. The second kappa shape index (κ2) is 9.57. The summed E-state index contributed by atoms with van der Waals surface area (Å²) in [6.45, 7) is 0. The number of hydrogen-bond donors (Lipinski definition) is 0. The average molecular weight is 464 g/mol. The smallest absolute Gasteiger partial charge is 0.232 e. The Hall–Kier alpha value is -2.12. The monoisotopic (exact) mass is 463 g/mol. The fraction of sp³-hybridized carbons (Fsp3) is 0.391. The molecule has 2 aliphatic rings. The number of fused-ring (bicyclic) bond motifs is 2. The molecule has 4 atom stereocenters. The van der Waals surface area contributed by atoms with Gasteiger partial charge >= 0.3 is 0 Å². The summed E-state index contributed by atoms with van der Waals surface area (Å²) < 4.78 is 11.1. The highest BCUT2D eigenvalue weighted by Gasteiger charge is 2.48. The number of halogens is 2. The maximum Gasteiger partial charge on any atom is 0.232 e. The zero-order chi connectivity index (χ0) is 20.0. The molecule has 2 saturated heterocycles. The summed E-state index contributed by atoms with van der Waals surface area (Å²) in [4.78, 5) is 7.34. The fourth-order valence-electron chi connectivity index (χ4n) is 5.08. The quantitative estimate of drug-likeness (QED) is 0.558. The first kappa shape index (κ1) is 23.5. The Morgan fingerprint density at radius 1 is 1.06 bits per heavy atom. The van der Waals surface area contributed by atoms with Crippen LogP contribution in [0.1, 0.15) is 42.6 Å². The van der Waals surface area contributed by atoms with Gasteiger partial charge < -0.3 is 14.7 Å². The van der Waals surface area contributed by atoms with Gasteiger partial charge in [-0.2, -0.15) is 4.98 Å². The minimum atomic E-state index is 0. The molecule has 5 rings (SSSR count). The standard InChI is InChI=1S/C23H24ClN3O2.ClH.H2O/c1-27-17-9-12-20(27)21(19(13-17)14-3-7-16(24)8-4-14)23-25-22(26-29-23)15-5-10-18(28-2)11-6-15;;/h3-8,10-11,17,19-21H,9,12-13H2,1-2H3;1H;1H2/t17-,19-,20?,21?;;/m1../s1. The van der Waals surface area contributed by atoms with Gasteiger partial charge in [0.2, 0.25) is 11.7 Å². The van der Waals surface area contributed by atoms with Crippen molar-refractivity contribution in [1.29, 1.82) is 0 Å².